The third-order valence-corrected chi connectivity index (χ3v) is 4.60. The van der Waals surface area contributed by atoms with Crippen molar-refractivity contribution >= 4 is 5.91 Å². The molecule has 0 bridgehead atoms. The molecule has 2 heterocycles. The Balaban J connectivity index is 1.64. The second-order valence-electron chi connectivity index (χ2n) is 5.68. The number of aromatic nitrogens is 2. The second-order valence-corrected chi connectivity index (χ2v) is 5.68. The number of fused-ring (bicyclic) bond motifs is 1. The highest BCUT2D eigenvalue weighted by molar-refractivity contribution is 5.83. The summed E-state index contributed by atoms with van der Waals surface area (Å²) < 4.78 is 0. The third kappa shape index (κ3) is 2.39. The van der Waals surface area contributed by atoms with Crippen LogP contribution in [0.3, 0.4) is 0 Å². The maximum atomic E-state index is 12.4. The Morgan fingerprint density at radius 2 is 2.47 bits per heavy atom. The number of nitrogens with zero attached hydrogens (tertiary/aromatic N) is 1. The summed E-state index contributed by atoms with van der Waals surface area (Å²) in [5, 5.41) is 6.52. The number of H-pyrrole nitrogens is 1. The molecule has 2 fully saturated rings. The fourth-order valence-electron chi connectivity index (χ4n) is 3.57. The van der Waals surface area contributed by atoms with Crippen LogP contribution in [-0.2, 0) is 4.79 Å². The number of hydrogen-bond acceptors (Lipinski definition) is 3. The van der Waals surface area contributed by atoms with Gasteiger partial charge in [-0.2, -0.15) is 0 Å². The van der Waals surface area contributed by atoms with Crippen molar-refractivity contribution < 1.29 is 4.79 Å². The monoisotopic (exact) mass is 262 g/mol. The molecule has 1 saturated carbocycles. The van der Waals surface area contributed by atoms with Crippen LogP contribution in [-0.4, -0.2) is 28.5 Å². The molecule has 3 rings (SSSR count). The van der Waals surface area contributed by atoms with E-state index in [2.05, 4.69) is 27.5 Å². The minimum absolute atomic E-state index is 0.00323. The zero-order valence-electron chi connectivity index (χ0n) is 11.4. The molecule has 1 aromatic rings. The molecular formula is C14H22N4O. The van der Waals surface area contributed by atoms with Gasteiger partial charge < -0.3 is 15.6 Å². The number of aromatic amines is 1. The first-order chi connectivity index (χ1) is 9.29. The molecule has 1 saturated heterocycles. The van der Waals surface area contributed by atoms with Gasteiger partial charge >= 0.3 is 0 Å². The highest BCUT2D eigenvalue weighted by Gasteiger charge is 2.42. The number of carbonyl (C=O) groups is 1. The molecule has 5 nitrogen and oxygen atoms in total. The zero-order valence-corrected chi connectivity index (χ0v) is 11.4. The summed E-state index contributed by atoms with van der Waals surface area (Å²) in [5.74, 6) is 2.23. The molecule has 3 N–H and O–H groups in total. The molecule has 1 aliphatic heterocycles. The number of nitrogens with one attached hydrogen (secondary N) is 3. The van der Waals surface area contributed by atoms with E-state index in [1.807, 2.05) is 0 Å². The van der Waals surface area contributed by atoms with E-state index in [0.29, 0.717) is 11.8 Å². The first-order valence-electron chi connectivity index (χ1n) is 7.32. The van der Waals surface area contributed by atoms with E-state index in [1.165, 1.54) is 19.3 Å². The Morgan fingerprint density at radius 1 is 1.58 bits per heavy atom. The highest BCUT2D eigenvalue weighted by atomic mass is 16.2. The van der Waals surface area contributed by atoms with Crippen molar-refractivity contribution in [2.24, 2.45) is 11.8 Å². The van der Waals surface area contributed by atoms with Gasteiger partial charge in [-0.1, -0.05) is 13.3 Å². The molecule has 0 radical (unpaired) electrons. The van der Waals surface area contributed by atoms with E-state index in [1.54, 1.807) is 12.4 Å². The summed E-state index contributed by atoms with van der Waals surface area (Å²) in [5.41, 5.74) is 0. The zero-order chi connectivity index (χ0) is 13.2. The second kappa shape index (κ2) is 5.33. The van der Waals surface area contributed by atoms with E-state index >= 15 is 0 Å². The smallest absolute Gasteiger partial charge is 0.238 e. The summed E-state index contributed by atoms with van der Waals surface area (Å²) in [7, 11) is 0. The summed E-state index contributed by atoms with van der Waals surface area (Å²) in [6.45, 7) is 3.06. The molecule has 1 aromatic heterocycles. The van der Waals surface area contributed by atoms with Crippen LogP contribution in [0.4, 0.5) is 0 Å². The highest BCUT2D eigenvalue weighted by Crippen LogP contribution is 2.37. The van der Waals surface area contributed by atoms with Gasteiger partial charge in [0.1, 0.15) is 5.82 Å². The van der Waals surface area contributed by atoms with Crippen molar-refractivity contribution in [1.82, 2.24) is 20.6 Å². The van der Waals surface area contributed by atoms with Gasteiger partial charge in [0.05, 0.1) is 12.1 Å². The van der Waals surface area contributed by atoms with E-state index in [9.17, 15) is 4.79 Å². The molecular weight excluding hydrogens is 240 g/mol. The average Bonchev–Trinajstić information content (AvgIpc) is 3.10. The van der Waals surface area contributed by atoms with Crippen LogP contribution in [0.15, 0.2) is 12.4 Å². The van der Waals surface area contributed by atoms with E-state index < -0.39 is 0 Å². The molecule has 2 aliphatic rings. The standard InChI is InChI=1S/C14H22N4O/c1-2-11(13-15-6-7-16-13)18-14(19)12-10-5-3-4-9(10)8-17-12/h6-7,9-12,17H,2-5,8H2,1H3,(H,15,16)(H,18,19). The average molecular weight is 262 g/mol. The molecule has 19 heavy (non-hydrogen) atoms. The molecule has 1 amide bonds. The van der Waals surface area contributed by atoms with Gasteiger partial charge in [-0.15, -0.1) is 0 Å². The van der Waals surface area contributed by atoms with Gasteiger partial charge in [0.25, 0.3) is 0 Å². The first-order valence-corrected chi connectivity index (χ1v) is 7.32. The van der Waals surface area contributed by atoms with Crippen LogP contribution in [0.25, 0.3) is 0 Å². The number of rotatable bonds is 4. The molecule has 0 aromatic carbocycles. The summed E-state index contributed by atoms with van der Waals surface area (Å²) in [6, 6.07) is -0.0127. The summed E-state index contributed by atoms with van der Waals surface area (Å²) in [6.07, 6.45) is 8.11. The minimum atomic E-state index is -0.00949. The van der Waals surface area contributed by atoms with E-state index in [-0.39, 0.29) is 18.0 Å². The molecule has 0 spiro atoms. The number of carbonyl (C=O) groups excluding carboxylic acids is 1. The van der Waals surface area contributed by atoms with E-state index in [4.69, 9.17) is 0 Å². The van der Waals surface area contributed by atoms with Gasteiger partial charge in [0, 0.05) is 12.4 Å². The quantitative estimate of drug-likeness (QED) is 0.767. The van der Waals surface area contributed by atoms with Gasteiger partial charge in [-0.25, -0.2) is 4.98 Å². The van der Waals surface area contributed by atoms with Crippen molar-refractivity contribution in [3.8, 4) is 0 Å². The van der Waals surface area contributed by atoms with Crippen LogP contribution in [0.5, 0.6) is 0 Å². The van der Waals surface area contributed by atoms with Crippen LogP contribution >= 0.6 is 0 Å². The molecule has 4 unspecified atom stereocenters. The fourth-order valence-corrected chi connectivity index (χ4v) is 3.57. The van der Waals surface area contributed by atoms with Crippen LogP contribution in [0.2, 0.25) is 0 Å². The van der Waals surface area contributed by atoms with Crippen molar-refractivity contribution in [2.45, 2.75) is 44.7 Å². The summed E-state index contributed by atoms with van der Waals surface area (Å²) >= 11 is 0. The number of imidazole rings is 1. The van der Waals surface area contributed by atoms with Crippen LogP contribution in [0.1, 0.15) is 44.5 Å². The van der Waals surface area contributed by atoms with Crippen LogP contribution in [0, 0.1) is 11.8 Å². The third-order valence-electron chi connectivity index (χ3n) is 4.60. The Morgan fingerprint density at radius 3 is 3.21 bits per heavy atom. The Kier molecular flexibility index (Phi) is 3.55. The lowest BCUT2D eigenvalue weighted by Gasteiger charge is -2.21. The van der Waals surface area contributed by atoms with Gasteiger partial charge in [0.2, 0.25) is 5.91 Å². The Bertz CT molecular complexity index is 431. The largest absolute Gasteiger partial charge is 0.347 e. The summed E-state index contributed by atoms with van der Waals surface area (Å²) in [4.78, 5) is 19.8. The SMILES string of the molecule is CCC(NC(=O)C1NCC2CCCC21)c1ncc[nH]1. The fraction of sp³-hybridized carbons (Fsp3) is 0.714. The lowest BCUT2D eigenvalue weighted by atomic mass is 9.93. The normalized spacial score (nSPS) is 31.1. The first kappa shape index (κ1) is 12.7. The lowest BCUT2D eigenvalue weighted by molar-refractivity contribution is -0.124. The molecule has 5 heteroatoms. The van der Waals surface area contributed by atoms with Crippen molar-refractivity contribution in [3.05, 3.63) is 18.2 Å². The molecule has 1 aliphatic carbocycles. The Labute approximate surface area is 113 Å². The predicted molar refractivity (Wildman–Crippen MR) is 72.4 cm³/mol. The Hall–Kier alpha value is -1.36. The van der Waals surface area contributed by atoms with Crippen molar-refractivity contribution in [1.29, 1.82) is 0 Å². The number of amides is 1. The molecule has 104 valence electrons. The van der Waals surface area contributed by atoms with Gasteiger partial charge in [0.15, 0.2) is 0 Å². The predicted octanol–water partition coefficient (Wildman–Crippen LogP) is 1.37. The number of hydrogen-bond donors (Lipinski definition) is 3. The van der Waals surface area contributed by atoms with Crippen molar-refractivity contribution in [2.75, 3.05) is 6.54 Å². The van der Waals surface area contributed by atoms with Gasteiger partial charge in [-0.05, 0) is 37.6 Å². The van der Waals surface area contributed by atoms with Gasteiger partial charge in [-0.3, -0.25) is 4.79 Å². The lowest BCUT2D eigenvalue weighted by Crippen LogP contribution is -2.45. The van der Waals surface area contributed by atoms with E-state index in [0.717, 1.165) is 18.8 Å². The molecule has 4 atom stereocenters. The maximum Gasteiger partial charge on any atom is 0.238 e. The van der Waals surface area contributed by atoms with Crippen molar-refractivity contribution in [3.63, 3.8) is 0 Å². The minimum Gasteiger partial charge on any atom is -0.347 e. The topological polar surface area (TPSA) is 69.8 Å². The maximum absolute atomic E-state index is 12.4. The van der Waals surface area contributed by atoms with Crippen LogP contribution < -0.4 is 10.6 Å².